The lowest BCUT2D eigenvalue weighted by Gasteiger charge is -2.44. The van der Waals surface area contributed by atoms with E-state index in [0.717, 1.165) is 17.7 Å². The van der Waals surface area contributed by atoms with E-state index in [4.69, 9.17) is 0 Å². The zero-order valence-electron chi connectivity index (χ0n) is 14.4. The van der Waals surface area contributed by atoms with Crippen molar-refractivity contribution in [1.29, 1.82) is 0 Å². The number of nitrogens with one attached hydrogen (secondary N) is 1. The number of hydrogen-bond donors (Lipinski definition) is 1. The molecule has 3 fully saturated rings. The molecule has 5 rings (SSSR count). The molecule has 0 aliphatic carbocycles. The summed E-state index contributed by atoms with van der Waals surface area (Å²) in [6.07, 6.45) is 2.99. The van der Waals surface area contributed by atoms with Gasteiger partial charge in [-0.05, 0) is 79.9 Å². The summed E-state index contributed by atoms with van der Waals surface area (Å²) in [7, 11) is 0. The third kappa shape index (κ3) is 3.62. The van der Waals surface area contributed by atoms with Gasteiger partial charge in [0.05, 0.1) is 0 Å². The maximum Gasteiger partial charge on any atom is 0.224 e. The second kappa shape index (κ2) is 6.89. The van der Waals surface area contributed by atoms with Gasteiger partial charge in [-0.15, -0.1) is 11.3 Å². The number of fused-ring (bicyclic) bond motifs is 3. The van der Waals surface area contributed by atoms with Gasteiger partial charge in [0.15, 0.2) is 0 Å². The van der Waals surface area contributed by atoms with Crippen LogP contribution < -0.4 is 5.32 Å². The Balaban J connectivity index is 1.49. The van der Waals surface area contributed by atoms with Gasteiger partial charge in [0, 0.05) is 29.1 Å². The average molecular weight is 358 g/mol. The first-order chi connectivity index (χ1) is 12.1. The quantitative estimate of drug-likeness (QED) is 0.871. The highest BCUT2D eigenvalue weighted by molar-refractivity contribution is 7.10. The Hall–Kier alpha value is -1.72. The summed E-state index contributed by atoms with van der Waals surface area (Å²) in [6, 6.07) is 6.62. The molecule has 132 valence electrons. The fourth-order valence-electron chi connectivity index (χ4n) is 4.21. The molecule has 1 aromatic carbocycles. The predicted octanol–water partition coefficient (Wildman–Crippen LogP) is 4.53. The molecule has 2 aromatic rings. The van der Waals surface area contributed by atoms with Crippen LogP contribution >= 0.6 is 11.3 Å². The van der Waals surface area contributed by atoms with E-state index in [9.17, 15) is 9.18 Å². The van der Waals surface area contributed by atoms with E-state index in [1.807, 2.05) is 18.4 Å². The number of carbonyl (C=O) groups excluding carboxylic acids is 1. The SMILES string of the molecule is Cc1cc(-c2cc(F)ccc2NC(=O)CC2CN3CCC2CC3)cs1. The van der Waals surface area contributed by atoms with E-state index in [0.29, 0.717) is 23.9 Å². The number of rotatable bonds is 4. The molecule has 3 saturated heterocycles. The summed E-state index contributed by atoms with van der Waals surface area (Å²) in [5, 5.41) is 5.04. The van der Waals surface area contributed by atoms with E-state index >= 15 is 0 Å². The molecular weight excluding hydrogens is 335 g/mol. The molecule has 1 atom stereocenters. The van der Waals surface area contributed by atoms with Crippen LogP contribution in [0.25, 0.3) is 11.1 Å². The van der Waals surface area contributed by atoms with Crippen LogP contribution in [-0.2, 0) is 4.79 Å². The normalized spacial score (nSPS) is 25.1. The summed E-state index contributed by atoms with van der Waals surface area (Å²) >= 11 is 1.63. The summed E-state index contributed by atoms with van der Waals surface area (Å²) in [4.78, 5) is 16.2. The zero-order valence-corrected chi connectivity index (χ0v) is 15.2. The second-order valence-corrected chi connectivity index (χ2v) is 8.40. The number of aryl methyl sites for hydroxylation is 1. The van der Waals surface area contributed by atoms with Crippen LogP contribution in [0.1, 0.15) is 24.1 Å². The Bertz CT molecular complexity index is 780. The molecule has 1 aromatic heterocycles. The van der Waals surface area contributed by atoms with Crippen molar-refractivity contribution in [3.63, 3.8) is 0 Å². The van der Waals surface area contributed by atoms with Gasteiger partial charge in [-0.1, -0.05) is 0 Å². The number of piperidine rings is 3. The van der Waals surface area contributed by atoms with E-state index in [1.54, 1.807) is 17.4 Å². The third-order valence-electron chi connectivity index (χ3n) is 5.54. The number of carbonyl (C=O) groups is 1. The smallest absolute Gasteiger partial charge is 0.224 e. The molecule has 2 bridgehead atoms. The molecule has 0 saturated carbocycles. The molecule has 3 aliphatic heterocycles. The Kier molecular flexibility index (Phi) is 4.61. The number of hydrogen-bond acceptors (Lipinski definition) is 3. The first-order valence-corrected chi connectivity index (χ1v) is 9.84. The molecule has 1 amide bonds. The lowest BCUT2D eigenvalue weighted by molar-refractivity contribution is -0.118. The fraction of sp³-hybridized carbons (Fsp3) is 0.450. The van der Waals surface area contributed by atoms with Gasteiger partial charge in [0.25, 0.3) is 0 Å². The van der Waals surface area contributed by atoms with E-state index in [-0.39, 0.29) is 11.7 Å². The Morgan fingerprint density at radius 3 is 2.76 bits per heavy atom. The van der Waals surface area contributed by atoms with Crippen molar-refractivity contribution >= 4 is 22.9 Å². The molecule has 1 unspecified atom stereocenters. The molecule has 0 spiro atoms. The fourth-order valence-corrected chi connectivity index (χ4v) is 4.91. The molecule has 1 N–H and O–H groups in total. The van der Waals surface area contributed by atoms with Crippen molar-refractivity contribution < 1.29 is 9.18 Å². The molecular formula is C20H23FN2OS. The highest BCUT2D eigenvalue weighted by atomic mass is 32.1. The first kappa shape index (κ1) is 16.7. The minimum Gasteiger partial charge on any atom is -0.326 e. The van der Waals surface area contributed by atoms with E-state index in [2.05, 4.69) is 10.2 Å². The van der Waals surface area contributed by atoms with Gasteiger partial charge in [0.2, 0.25) is 5.91 Å². The first-order valence-electron chi connectivity index (χ1n) is 8.96. The molecule has 3 aliphatic rings. The van der Waals surface area contributed by atoms with Crippen LogP contribution in [0.3, 0.4) is 0 Å². The van der Waals surface area contributed by atoms with Crippen molar-refractivity contribution in [2.24, 2.45) is 11.8 Å². The highest BCUT2D eigenvalue weighted by Crippen LogP contribution is 2.35. The van der Waals surface area contributed by atoms with Crippen molar-refractivity contribution in [3.05, 3.63) is 40.3 Å². The van der Waals surface area contributed by atoms with E-state index in [1.165, 1.54) is 42.9 Å². The van der Waals surface area contributed by atoms with Crippen LogP contribution in [0.15, 0.2) is 29.6 Å². The molecule has 5 heteroatoms. The second-order valence-electron chi connectivity index (χ2n) is 7.29. The van der Waals surface area contributed by atoms with Gasteiger partial charge in [-0.25, -0.2) is 4.39 Å². The molecule has 4 heterocycles. The number of halogens is 1. The summed E-state index contributed by atoms with van der Waals surface area (Å²) in [5.74, 6) is 0.894. The van der Waals surface area contributed by atoms with Gasteiger partial charge >= 0.3 is 0 Å². The van der Waals surface area contributed by atoms with Crippen molar-refractivity contribution in [2.45, 2.75) is 26.2 Å². The Labute approximate surface area is 151 Å². The number of amides is 1. The van der Waals surface area contributed by atoms with Gasteiger partial charge < -0.3 is 10.2 Å². The highest BCUT2D eigenvalue weighted by Gasteiger charge is 2.35. The largest absolute Gasteiger partial charge is 0.326 e. The predicted molar refractivity (Wildman–Crippen MR) is 100 cm³/mol. The zero-order chi connectivity index (χ0) is 17.4. The van der Waals surface area contributed by atoms with Crippen molar-refractivity contribution in [1.82, 2.24) is 4.90 Å². The minimum atomic E-state index is -0.283. The third-order valence-corrected chi connectivity index (χ3v) is 6.40. The maximum atomic E-state index is 13.7. The van der Waals surface area contributed by atoms with Gasteiger partial charge in [-0.3, -0.25) is 4.79 Å². The molecule has 0 radical (unpaired) electrons. The average Bonchev–Trinajstić information content (AvgIpc) is 3.04. The van der Waals surface area contributed by atoms with Crippen LogP contribution in [0, 0.1) is 24.6 Å². The maximum absolute atomic E-state index is 13.7. The van der Waals surface area contributed by atoms with Crippen LogP contribution in [-0.4, -0.2) is 30.4 Å². The lowest BCUT2D eigenvalue weighted by atomic mass is 9.77. The topological polar surface area (TPSA) is 32.3 Å². The Morgan fingerprint density at radius 2 is 2.12 bits per heavy atom. The standard InChI is InChI=1S/C20H23FN2OS/c1-13-8-16(12-25-13)18-10-17(21)2-3-19(18)22-20(24)9-15-11-23-6-4-14(15)5-7-23/h2-3,8,10,12,14-15H,4-7,9,11H2,1H3,(H,22,24). The van der Waals surface area contributed by atoms with Gasteiger partial charge in [0.1, 0.15) is 5.82 Å². The Morgan fingerprint density at radius 1 is 1.32 bits per heavy atom. The summed E-state index contributed by atoms with van der Waals surface area (Å²) in [5.41, 5.74) is 2.41. The summed E-state index contributed by atoms with van der Waals surface area (Å²) in [6.45, 7) is 5.43. The van der Waals surface area contributed by atoms with Gasteiger partial charge in [-0.2, -0.15) is 0 Å². The van der Waals surface area contributed by atoms with Crippen LogP contribution in [0.2, 0.25) is 0 Å². The van der Waals surface area contributed by atoms with Crippen LogP contribution in [0.5, 0.6) is 0 Å². The number of anilines is 1. The number of nitrogens with zero attached hydrogens (tertiary/aromatic N) is 1. The molecule has 25 heavy (non-hydrogen) atoms. The molecule has 3 nitrogen and oxygen atoms in total. The minimum absolute atomic E-state index is 0.0403. The van der Waals surface area contributed by atoms with Crippen molar-refractivity contribution in [2.75, 3.05) is 25.0 Å². The summed E-state index contributed by atoms with van der Waals surface area (Å²) < 4.78 is 13.7. The monoisotopic (exact) mass is 358 g/mol. The van der Waals surface area contributed by atoms with Crippen molar-refractivity contribution in [3.8, 4) is 11.1 Å². The number of benzene rings is 1. The number of thiophene rings is 1. The lowest BCUT2D eigenvalue weighted by Crippen LogP contribution is -2.48. The van der Waals surface area contributed by atoms with E-state index < -0.39 is 0 Å². The van der Waals surface area contributed by atoms with Crippen LogP contribution in [0.4, 0.5) is 10.1 Å².